The molecule has 228 valence electrons. The van der Waals surface area contributed by atoms with Gasteiger partial charge in [0, 0.05) is 33.4 Å². The topological polar surface area (TPSA) is 146 Å². The Morgan fingerprint density at radius 1 is 0.750 bits per heavy atom. The zero-order chi connectivity index (χ0) is 30.8. The van der Waals surface area contributed by atoms with Gasteiger partial charge in [-0.15, -0.1) is 22.7 Å². The maximum Gasteiger partial charge on any atom is 1.00 e. The van der Waals surface area contributed by atoms with E-state index >= 15 is 0 Å². The van der Waals surface area contributed by atoms with Crippen LogP contribution in [0.1, 0.15) is 63.1 Å². The Labute approximate surface area is 285 Å². The minimum atomic E-state index is -0.963. The van der Waals surface area contributed by atoms with E-state index in [1.54, 1.807) is 39.4 Å². The fourth-order valence-corrected chi connectivity index (χ4v) is 6.12. The molecule has 0 aliphatic heterocycles. The summed E-state index contributed by atoms with van der Waals surface area (Å²) in [5, 5.41) is 10.5. The molecule has 0 bridgehead atoms. The van der Waals surface area contributed by atoms with Gasteiger partial charge in [0.25, 0.3) is 0 Å². The third-order valence-corrected chi connectivity index (χ3v) is 8.43. The number of carbonyl (C=O) groups is 4. The number of thiophene rings is 2. The molecule has 0 amide bonds. The molecule has 0 radical (unpaired) electrons. The van der Waals surface area contributed by atoms with Crippen molar-refractivity contribution in [3.63, 3.8) is 0 Å². The fourth-order valence-electron chi connectivity index (χ4n) is 4.03. The molecule has 0 saturated heterocycles. The number of esters is 1. The van der Waals surface area contributed by atoms with Crippen molar-refractivity contribution in [1.29, 1.82) is 0 Å². The van der Waals surface area contributed by atoms with E-state index in [-0.39, 0.29) is 78.3 Å². The minimum Gasteiger partial charge on any atom is -0.870 e. The van der Waals surface area contributed by atoms with E-state index in [9.17, 15) is 19.2 Å². The smallest absolute Gasteiger partial charge is 0.870 e. The second kappa shape index (κ2) is 18.5. The molecule has 2 heterocycles. The summed E-state index contributed by atoms with van der Waals surface area (Å²) in [6.07, 6.45) is 3.57. The van der Waals surface area contributed by atoms with Gasteiger partial charge >= 0.3 is 41.5 Å². The molecular weight excluding hydrogens is 615 g/mol. The summed E-state index contributed by atoms with van der Waals surface area (Å²) in [6, 6.07) is 11.3. The number of rotatable bonds is 13. The maximum atomic E-state index is 12.2. The molecule has 0 aliphatic carbocycles. The quantitative estimate of drug-likeness (QED) is 0.126. The first-order valence-corrected chi connectivity index (χ1v) is 14.7. The number of hydrogen-bond donors (Lipinski definition) is 1. The van der Waals surface area contributed by atoms with Gasteiger partial charge in [0.05, 0.1) is 43.4 Å². The van der Waals surface area contributed by atoms with Gasteiger partial charge < -0.3 is 24.8 Å². The van der Waals surface area contributed by atoms with Gasteiger partial charge in [0.2, 0.25) is 0 Å². The van der Waals surface area contributed by atoms with E-state index < -0.39 is 5.97 Å². The number of ether oxygens (including phenoxy) is 3. The molecule has 0 fully saturated rings. The van der Waals surface area contributed by atoms with Crippen LogP contribution in [0.5, 0.6) is 11.5 Å². The van der Waals surface area contributed by atoms with Gasteiger partial charge in [-0.05, 0) is 54.1 Å². The third-order valence-electron chi connectivity index (χ3n) is 6.15. The number of fused-ring (bicyclic) bond motifs is 2. The molecule has 2 N–H and O–H groups in total. The van der Waals surface area contributed by atoms with Crippen molar-refractivity contribution in [3.8, 4) is 11.5 Å². The maximum absolute atomic E-state index is 12.2. The summed E-state index contributed by atoms with van der Waals surface area (Å²) >= 11 is 2.75. The Bertz CT molecular complexity index is 1650. The van der Waals surface area contributed by atoms with Crippen LogP contribution in [0.15, 0.2) is 49.6 Å². The van der Waals surface area contributed by atoms with Crippen LogP contribution in [0.3, 0.4) is 0 Å². The second-order valence-electron chi connectivity index (χ2n) is 8.94. The largest absolute Gasteiger partial charge is 1.00 e. The number of ketones is 2. The molecule has 12 heteroatoms. The Balaban J connectivity index is 0.000000422. The van der Waals surface area contributed by atoms with E-state index in [2.05, 4.69) is 13.2 Å². The monoisotopic (exact) mass is 648 g/mol. The van der Waals surface area contributed by atoms with Crippen molar-refractivity contribution in [2.45, 2.75) is 32.6 Å². The average molecular weight is 649 g/mol. The van der Waals surface area contributed by atoms with Crippen molar-refractivity contribution < 1.29 is 73.5 Å². The number of carbonyl (C=O) groups excluding carboxylic acids is 3. The molecule has 44 heavy (non-hydrogen) atoms. The number of aliphatic carboxylic acids is 1. The molecule has 9 nitrogen and oxygen atoms in total. The van der Waals surface area contributed by atoms with E-state index in [0.29, 0.717) is 22.1 Å². The van der Waals surface area contributed by atoms with Crippen LogP contribution < -0.4 is 39.0 Å². The SMILES string of the molecule is C=Cc1cc2cc(C(=O)CCC(=O)O)sc2cc1OC.C=Cc1cc2cc(C(=O)CCC(=O)OCC)sc2cc1OC.[Na+].[OH-]. The van der Waals surface area contributed by atoms with E-state index in [0.717, 1.165) is 37.0 Å². The fraction of sp³-hybridized carbons (Fsp3) is 0.250. The first-order chi connectivity index (χ1) is 20.1. The standard InChI is InChI=1S/C17H18O4S.C15H14O4S.Na.H2O/c1-4-11-8-12-9-16(22-15(12)10-14(11)20-3)13(18)6-7-17(19)21-5-2;1-3-9-6-10-7-14(11(16)4-5-15(17)18)20-13(10)8-12(9)19-2;;/h4,8-10H,1,5-7H2,2-3H3;3,6-8H,1,4-5H2,2H3,(H,17,18);;1H2/q;;+1;/p-1. The van der Waals surface area contributed by atoms with Crippen LogP contribution in [-0.4, -0.2) is 54.9 Å². The molecular formula is C32H33NaO9S2. The van der Waals surface area contributed by atoms with Crippen LogP contribution in [0, 0.1) is 0 Å². The number of carboxylic acids is 1. The zero-order valence-electron chi connectivity index (χ0n) is 25.1. The number of benzene rings is 2. The molecule has 0 atom stereocenters. The molecule has 0 aliphatic rings. The summed E-state index contributed by atoms with van der Waals surface area (Å²) in [6.45, 7) is 9.57. The van der Waals surface area contributed by atoms with E-state index in [1.165, 1.54) is 22.7 Å². The van der Waals surface area contributed by atoms with Gasteiger partial charge in [-0.2, -0.15) is 0 Å². The van der Waals surface area contributed by atoms with Crippen molar-refractivity contribution in [2.75, 3.05) is 20.8 Å². The predicted molar refractivity (Wildman–Crippen MR) is 170 cm³/mol. The first-order valence-electron chi connectivity index (χ1n) is 13.1. The average Bonchev–Trinajstić information content (AvgIpc) is 3.61. The van der Waals surface area contributed by atoms with Crippen LogP contribution in [0.4, 0.5) is 0 Å². The van der Waals surface area contributed by atoms with Crippen molar-refractivity contribution in [1.82, 2.24) is 0 Å². The van der Waals surface area contributed by atoms with Crippen molar-refractivity contribution >= 4 is 78.5 Å². The number of Topliss-reactive ketones (excluding diaryl/α,β-unsaturated/α-hetero) is 2. The van der Waals surface area contributed by atoms with Crippen molar-refractivity contribution in [2.24, 2.45) is 0 Å². The zero-order valence-corrected chi connectivity index (χ0v) is 28.8. The summed E-state index contributed by atoms with van der Waals surface area (Å²) in [7, 11) is 3.19. The molecule has 0 saturated carbocycles. The van der Waals surface area contributed by atoms with Gasteiger partial charge in [-0.3, -0.25) is 19.2 Å². The number of hydrogen-bond acceptors (Lipinski definition) is 10. The molecule has 4 aromatic rings. The van der Waals surface area contributed by atoms with Crippen LogP contribution in [0.2, 0.25) is 0 Å². The Morgan fingerprint density at radius 2 is 1.18 bits per heavy atom. The number of carboxylic acid groups (broad SMARTS) is 1. The third kappa shape index (κ3) is 10.1. The van der Waals surface area contributed by atoms with Crippen LogP contribution >= 0.6 is 22.7 Å². The molecule has 2 aromatic carbocycles. The van der Waals surface area contributed by atoms with E-state index in [1.807, 2.05) is 30.3 Å². The summed E-state index contributed by atoms with van der Waals surface area (Å²) < 4.78 is 17.3. The number of methoxy groups -OCH3 is 2. The Morgan fingerprint density at radius 3 is 1.55 bits per heavy atom. The summed E-state index contributed by atoms with van der Waals surface area (Å²) in [5.41, 5.74) is 1.75. The molecule has 4 rings (SSSR count). The normalized spacial score (nSPS) is 9.98. The second-order valence-corrected chi connectivity index (χ2v) is 11.1. The van der Waals surface area contributed by atoms with Gasteiger partial charge in [0.1, 0.15) is 11.5 Å². The van der Waals surface area contributed by atoms with Crippen molar-refractivity contribution in [3.05, 3.63) is 70.4 Å². The predicted octanol–water partition coefficient (Wildman–Crippen LogP) is 4.51. The van der Waals surface area contributed by atoms with Gasteiger partial charge in [-0.25, -0.2) is 0 Å². The Hall–Kier alpha value is -3.32. The van der Waals surface area contributed by atoms with Crippen LogP contribution in [-0.2, 0) is 14.3 Å². The summed E-state index contributed by atoms with van der Waals surface area (Å²) in [5.74, 6) is -0.0579. The molecule has 0 unspecified atom stereocenters. The Kier molecular flexibility index (Phi) is 16.3. The van der Waals surface area contributed by atoms with Crippen LogP contribution in [0.25, 0.3) is 32.3 Å². The molecule has 0 spiro atoms. The minimum absolute atomic E-state index is 0. The van der Waals surface area contributed by atoms with Gasteiger partial charge in [0.15, 0.2) is 11.6 Å². The van der Waals surface area contributed by atoms with Gasteiger partial charge in [-0.1, -0.05) is 25.3 Å². The molecule has 2 aromatic heterocycles. The van der Waals surface area contributed by atoms with E-state index in [4.69, 9.17) is 19.3 Å². The first kappa shape index (κ1) is 38.7. The summed E-state index contributed by atoms with van der Waals surface area (Å²) in [4.78, 5) is 47.1.